The van der Waals surface area contributed by atoms with Gasteiger partial charge in [-0.05, 0) is 50.8 Å². The summed E-state index contributed by atoms with van der Waals surface area (Å²) < 4.78 is 10.9. The highest BCUT2D eigenvalue weighted by atomic mass is 16.5. The van der Waals surface area contributed by atoms with E-state index in [2.05, 4.69) is 12.2 Å². The van der Waals surface area contributed by atoms with E-state index < -0.39 is 0 Å². The Morgan fingerprint density at radius 3 is 2.70 bits per heavy atom. The number of carbonyl (C=O) groups excluding carboxylic acids is 1. The minimum absolute atomic E-state index is 0.129. The summed E-state index contributed by atoms with van der Waals surface area (Å²) in [6.45, 7) is 5.91. The standard InChI is InChI=1S/C19H27NO3/c1-4-20(19(21)16-9-7-6-8-10-16)14-15-11-12-17(23-5-2)18(13-15)22-3/h6-7,11-13,16H,4-5,8-10,14H2,1-3H3/t16-/m0/s1. The summed E-state index contributed by atoms with van der Waals surface area (Å²) in [6, 6.07) is 5.88. The smallest absolute Gasteiger partial charge is 0.226 e. The molecule has 0 bridgehead atoms. The molecule has 126 valence electrons. The van der Waals surface area contributed by atoms with Crippen LogP contribution in [-0.2, 0) is 11.3 Å². The number of rotatable bonds is 7. The second-order valence-electron chi connectivity index (χ2n) is 5.75. The Kier molecular flexibility index (Phi) is 6.51. The molecule has 23 heavy (non-hydrogen) atoms. The summed E-state index contributed by atoms with van der Waals surface area (Å²) >= 11 is 0. The van der Waals surface area contributed by atoms with Crippen LogP contribution in [0.15, 0.2) is 30.4 Å². The number of carbonyl (C=O) groups is 1. The Morgan fingerprint density at radius 1 is 1.26 bits per heavy atom. The molecule has 0 radical (unpaired) electrons. The van der Waals surface area contributed by atoms with Crippen molar-refractivity contribution < 1.29 is 14.3 Å². The summed E-state index contributed by atoms with van der Waals surface area (Å²) in [7, 11) is 1.64. The summed E-state index contributed by atoms with van der Waals surface area (Å²) in [5, 5.41) is 0. The van der Waals surface area contributed by atoms with E-state index in [1.807, 2.05) is 36.9 Å². The summed E-state index contributed by atoms with van der Waals surface area (Å²) in [4.78, 5) is 14.6. The van der Waals surface area contributed by atoms with Gasteiger partial charge in [-0.1, -0.05) is 18.2 Å². The fourth-order valence-electron chi connectivity index (χ4n) is 2.93. The van der Waals surface area contributed by atoms with Gasteiger partial charge in [0.2, 0.25) is 5.91 Å². The molecule has 0 aromatic heterocycles. The second-order valence-corrected chi connectivity index (χ2v) is 5.75. The molecule has 1 aliphatic carbocycles. The molecular formula is C19H27NO3. The molecule has 1 atom stereocenters. The van der Waals surface area contributed by atoms with Crippen molar-refractivity contribution in [2.45, 2.75) is 39.7 Å². The maximum Gasteiger partial charge on any atom is 0.226 e. The first kappa shape index (κ1) is 17.4. The van der Waals surface area contributed by atoms with Gasteiger partial charge in [-0.2, -0.15) is 0 Å². The normalized spacial score (nSPS) is 16.9. The first-order chi connectivity index (χ1) is 11.2. The SMILES string of the molecule is CCOc1ccc(CN(CC)C(=O)[C@H]2CC=CCC2)cc1OC. The number of hydrogen-bond donors (Lipinski definition) is 0. The molecule has 1 aliphatic rings. The number of nitrogens with zero attached hydrogens (tertiary/aromatic N) is 1. The molecule has 0 heterocycles. The molecule has 0 spiro atoms. The number of amides is 1. The lowest BCUT2D eigenvalue weighted by Crippen LogP contribution is -2.36. The van der Waals surface area contributed by atoms with E-state index in [-0.39, 0.29) is 11.8 Å². The Labute approximate surface area is 139 Å². The van der Waals surface area contributed by atoms with E-state index in [0.29, 0.717) is 25.4 Å². The molecule has 0 fully saturated rings. The molecule has 0 saturated heterocycles. The van der Waals surface area contributed by atoms with E-state index in [0.717, 1.165) is 30.6 Å². The maximum absolute atomic E-state index is 12.7. The maximum atomic E-state index is 12.7. The molecule has 2 rings (SSSR count). The van der Waals surface area contributed by atoms with Crippen molar-refractivity contribution in [3.63, 3.8) is 0 Å². The lowest BCUT2D eigenvalue weighted by Gasteiger charge is -2.27. The van der Waals surface area contributed by atoms with Crippen LogP contribution in [0.25, 0.3) is 0 Å². The van der Waals surface area contributed by atoms with Crippen LogP contribution in [-0.4, -0.2) is 31.1 Å². The molecule has 1 aromatic carbocycles. The van der Waals surface area contributed by atoms with Crippen LogP contribution in [0.2, 0.25) is 0 Å². The molecule has 0 saturated carbocycles. The van der Waals surface area contributed by atoms with Gasteiger partial charge >= 0.3 is 0 Å². The van der Waals surface area contributed by atoms with Crippen molar-refractivity contribution in [2.24, 2.45) is 5.92 Å². The van der Waals surface area contributed by atoms with Crippen molar-refractivity contribution in [1.82, 2.24) is 4.90 Å². The largest absolute Gasteiger partial charge is 0.493 e. The predicted octanol–water partition coefficient (Wildman–Crippen LogP) is 3.80. The summed E-state index contributed by atoms with van der Waals surface area (Å²) in [6.07, 6.45) is 7.11. The highest BCUT2D eigenvalue weighted by Gasteiger charge is 2.23. The number of hydrogen-bond acceptors (Lipinski definition) is 3. The molecular weight excluding hydrogens is 290 g/mol. The highest BCUT2D eigenvalue weighted by molar-refractivity contribution is 5.79. The van der Waals surface area contributed by atoms with E-state index in [9.17, 15) is 4.79 Å². The average Bonchev–Trinajstić information content (AvgIpc) is 2.61. The first-order valence-corrected chi connectivity index (χ1v) is 8.43. The van der Waals surface area contributed by atoms with E-state index in [1.54, 1.807) is 7.11 Å². The molecule has 0 N–H and O–H groups in total. The summed E-state index contributed by atoms with van der Waals surface area (Å²) in [5.74, 6) is 1.84. The Bertz CT molecular complexity index is 554. The van der Waals surface area contributed by atoms with E-state index in [4.69, 9.17) is 9.47 Å². The molecule has 0 aliphatic heterocycles. The molecule has 4 heteroatoms. The third kappa shape index (κ3) is 4.50. The quantitative estimate of drug-likeness (QED) is 0.718. The number of methoxy groups -OCH3 is 1. The molecule has 4 nitrogen and oxygen atoms in total. The van der Waals surface area contributed by atoms with Gasteiger partial charge in [0.25, 0.3) is 0 Å². The van der Waals surface area contributed by atoms with Crippen LogP contribution in [0, 0.1) is 5.92 Å². The minimum Gasteiger partial charge on any atom is -0.493 e. The molecule has 1 aromatic rings. The number of allylic oxidation sites excluding steroid dienone is 2. The third-order valence-corrected chi connectivity index (χ3v) is 4.21. The topological polar surface area (TPSA) is 38.8 Å². The summed E-state index contributed by atoms with van der Waals surface area (Å²) in [5.41, 5.74) is 1.06. The van der Waals surface area contributed by atoms with Crippen molar-refractivity contribution >= 4 is 5.91 Å². The predicted molar refractivity (Wildman–Crippen MR) is 91.7 cm³/mol. The fraction of sp³-hybridized carbons (Fsp3) is 0.526. The lowest BCUT2D eigenvalue weighted by molar-refractivity contribution is -0.136. The van der Waals surface area contributed by atoms with Gasteiger partial charge < -0.3 is 14.4 Å². The van der Waals surface area contributed by atoms with E-state index in [1.165, 1.54) is 0 Å². The van der Waals surface area contributed by atoms with Crippen LogP contribution in [0.3, 0.4) is 0 Å². The minimum atomic E-state index is 0.129. The van der Waals surface area contributed by atoms with Crippen molar-refractivity contribution in [2.75, 3.05) is 20.3 Å². The number of ether oxygens (including phenoxy) is 2. The van der Waals surface area contributed by atoms with Gasteiger partial charge in [-0.25, -0.2) is 0 Å². The monoisotopic (exact) mass is 317 g/mol. The Balaban J connectivity index is 2.08. The van der Waals surface area contributed by atoms with Gasteiger partial charge in [-0.3, -0.25) is 4.79 Å². The van der Waals surface area contributed by atoms with E-state index >= 15 is 0 Å². The van der Waals surface area contributed by atoms with Crippen LogP contribution >= 0.6 is 0 Å². The van der Waals surface area contributed by atoms with Crippen LogP contribution in [0.4, 0.5) is 0 Å². The Morgan fingerprint density at radius 2 is 2.09 bits per heavy atom. The van der Waals surface area contributed by atoms with Crippen LogP contribution < -0.4 is 9.47 Å². The number of benzene rings is 1. The second kappa shape index (κ2) is 8.61. The van der Waals surface area contributed by atoms with Crippen molar-refractivity contribution in [3.05, 3.63) is 35.9 Å². The van der Waals surface area contributed by atoms with Crippen LogP contribution in [0.5, 0.6) is 11.5 Å². The third-order valence-electron chi connectivity index (χ3n) is 4.21. The van der Waals surface area contributed by atoms with Gasteiger partial charge in [0, 0.05) is 19.0 Å². The van der Waals surface area contributed by atoms with Gasteiger partial charge in [0.15, 0.2) is 11.5 Å². The van der Waals surface area contributed by atoms with Crippen molar-refractivity contribution in [1.29, 1.82) is 0 Å². The van der Waals surface area contributed by atoms with Gasteiger partial charge in [0.1, 0.15) is 0 Å². The first-order valence-electron chi connectivity index (χ1n) is 8.43. The zero-order valence-corrected chi connectivity index (χ0v) is 14.4. The molecule has 1 amide bonds. The Hall–Kier alpha value is -1.97. The average molecular weight is 317 g/mol. The zero-order valence-electron chi connectivity index (χ0n) is 14.4. The van der Waals surface area contributed by atoms with Crippen molar-refractivity contribution in [3.8, 4) is 11.5 Å². The molecule has 0 unspecified atom stereocenters. The fourth-order valence-corrected chi connectivity index (χ4v) is 2.93. The van der Waals surface area contributed by atoms with Gasteiger partial charge in [-0.15, -0.1) is 0 Å². The highest BCUT2D eigenvalue weighted by Crippen LogP contribution is 2.29. The van der Waals surface area contributed by atoms with Gasteiger partial charge in [0.05, 0.1) is 13.7 Å². The van der Waals surface area contributed by atoms with Crippen LogP contribution in [0.1, 0.15) is 38.7 Å². The lowest BCUT2D eigenvalue weighted by atomic mass is 9.93. The zero-order chi connectivity index (χ0) is 16.7.